The van der Waals surface area contributed by atoms with Gasteiger partial charge in [0.15, 0.2) is 0 Å². The molecule has 3 heteroatoms. The number of thiophene rings is 1. The third kappa shape index (κ3) is 1.94. The molecule has 0 aliphatic rings. The fourth-order valence-electron chi connectivity index (χ4n) is 3.05. The van der Waals surface area contributed by atoms with E-state index in [1.165, 1.54) is 15.0 Å². The van der Waals surface area contributed by atoms with E-state index in [1.54, 1.807) is 11.3 Å². The maximum absolute atomic E-state index is 4.94. The van der Waals surface area contributed by atoms with E-state index in [4.69, 9.17) is 4.98 Å². The second-order valence-electron chi connectivity index (χ2n) is 5.53. The van der Waals surface area contributed by atoms with E-state index in [0.29, 0.717) is 0 Å². The zero-order valence-corrected chi connectivity index (χ0v) is 13.0. The molecule has 2 aromatic carbocycles. The van der Waals surface area contributed by atoms with Crippen LogP contribution in [0.25, 0.3) is 42.5 Å². The molecule has 3 aromatic heterocycles. The molecule has 0 unspecified atom stereocenters. The van der Waals surface area contributed by atoms with Gasteiger partial charge in [-0.05, 0) is 35.7 Å². The first-order chi connectivity index (χ1) is 11.4. The van der Waals surface area contributed by atoms with Crippen LogP contribution in [0, 0.1) is 0 Å². The second kappa shape index (κ2) is 4.86. The summed E-state index contributed by atoms with van der Waals surface area (Å²) >= 11 is 1.78. The molecule has 0 aliphatic heterocycles. The van der Waals surface area contributed by atoms with Gasteiger partial charge >= 0.3 is 0 Å². The van der Waals surface area contributed by atoms with Crippen molar-refractivity contribution in [2.24, 2.45) is 0 Å². The third-order valence-electron chi connectivity index (χ3n) is 4.11. The van der Waals surface area contributed by atoms with Crippen molar-refractivity contribution in [3.05, 3.63) is 72.9 Å². The number of hydrogen-bond donors (Lipinski definition) is 0. The van der Waals surface area contributed by atoms with Crippen LogP contribution in [-0.2, 0) is 0 Å². The van der Waals surface area contributed by atoms with Crippen LogP contribution in [0.3, 0.4) is 0 Å². The molecule has 2 nitrogen and oxygen atoms in total. The van der Waals surface area contributed by atoms with Crippen LogP contribution in [0.2, 0.25) is 0 Å². The topological polar surface area (TPSA) is 25.8 Å². The van der Waals surface area contributed by atoms with E-state index in [1.807, 2.05) is 24.4 Å². The van der Waals surface area contributed by atoms with E-state index >= 15 is 0 Å². The number of hydrogen-bond acceptors (Lipinski definition) is 3. The minimum Gasteiger partial charge on any atom is -0.255 e. The highest BCUT2D eigenvalue weighted by Gasteiger charge is 2.12. The van der Waals surface area contributed by atoms with Crippen LogP contribution in [0.1, 0.15) is 0 Å². The Kier molecular flexibility index (Phi) is 2.69. The van der Waals surface area contributed by atoms with E-state index in [-0.39, 0.29) is 0 Å². The Balaban J connectivity index is 1.92. The molecule has 0 saturated carbocycles. The molecule has 5 aromatic rings. The average molecular weight is 312 g/mol. The molecule has 5 rings (SSSR count). The zero-order chi connectivity index (χ0) is 15.2. The number of fused-ring (bicyclic) bond motifs is 4. The molecule has 0 N–H and O–H groups in total. The van der Waals surface area contributed by atoms with Gasteiger partial charge in [0, 0.05) is 21.7 Å². The zero-order valence-electron chi connectivity index (χ0n) is 12.2. The lowest BCUT2D eigenvalue weighted by atomic mass is 10.1. The first-order valence-electron chi connectivity index (χ1n) is 7.52. The lowest BCUT2D eigenvalue weighted by Crippen LogP contribution is -1.89. The summed E-state index contributed by atoms with van der Waals surface area (Å²) < 4.78 is 1.29. The van der Waals surface area contributed by atoms with Gasteiger partial charge in [-0.15, -0.1) is 11.3 Å². The largest absolute Gasteiger partial charge is 0.255 e. The normalized spacial score (nSPS) is 11.5. The van der Waals surface area contributed by atoms with Gasteiger partial charge in [-0.1, -0.05) is 36.4 Å². The molecule has 0 saturated heterocycles. The number of aromatic nitrogens is 2. The summed E-state index contributed by atoms with van der Waals surface area (Å²) in [5.74, 6) is 0. The molecular formula is C20H12N2S. The maximum atomic E-state index is 4.94. The van der Waals surface area contributed by atoms with Gasteiger partial charge < -0.3 is 0 Å². The van der Waals surface area contributed by atoms with Crippen molar-refractivity contribution in [1.82, 2.24) is 9.97 Å². The minimum absolute atomic E-state index is 0.992. The standard InChI is InChI=1S/C20H12N2S/c1-4-10-17-13(6-1)12-18(23-17)20-15-8-5-11-21-19(15)14-7-2-3-9-16(14)22-20/h1-12H. The summed E-state index contributed by atoms with van der Waals surface area (Å²) in [5, 5.41) is 3.48. The van der Waals surface area contributed by atoms with Crippen molar-refractivity contribution in [2.45, 2.75) is 0 Å². The fraction of sp³-hybridized carbons (Fsp3) is 0. The monoisotopic (exact) mass is 312 g/mol. The minimum atomic E-state index is 0.992. The molecule has 0 atom stereocenters. The van der Waals surface area contributed by atoms with Gasteiger partial charge in [-0.3, -0.25) is 4.98 Å². The Hall–Kier alpha value is -2.78. The van der Waals surface area contributed by atoms with E-state index in [0.717, 1.165) is 27.5 Å². The van der Waals surface area contributed by atoms with E-state index in [9.17, 15) is 0 Å². The van der Waals surface area contributed by atoms with Crippen LogP contribution in [0.4, 0.5) is 0 Å². The molecule has 0 radical (unpaired) electrons. The van der Waals surface area contributed by atoms with Crippen LogP contribution in [0.15, 0.2) is 72.9 Å². The summed E-state index contributed by atoms with van der Waals surface area (Å²) in [6.45, 7) is 0. The Morgan fingerprint density at radius 2 is 1.61 bits per heavy atom. The first kappa shape index (κ1) is 12.7. The van der Waals surface area contributed by atoms with Crippen molar-refractivity contribution in [3.63, 3.8) is 0 Å². The summed E-state index contributed by atoms with van der Waals surface area (Å²) in [6.07, 6.45) is 1.85. The van der Waals surface area contributed by atoms with Gasteiger partial charge in [-0.2, -0.15) is 0 Å². The fourth-order valence-corrected chi connectivity index (χ4v) is 4.12. The number of para-hydroxylation sites is 1. The predicted octanol–water partition coefficient (Wildman–Crippen LogP) is 5.66. The Bertz CT molecular complexity index is 1140. The lowest BCUT2D eigenvalue weighted by Gasteiger charge is -2.07. The van der Waals surface area contributed by atoms with Crippen LogP contribution >= 0.6 is 11.3 Å². The quantitative estimate of drug-likeness (QED) is 0.373. The van der Waals surface area contributed by atoms with Gasteiger partial charge in [-0.25, -0.2) is 4.98 Å². The van der Waals surface area contributed by atoms with E-state index in [2.05, 4.69) is 53.5 Å². The van der Waals surface area contributed by atoms with Gasteiger partial charge in [0.25, 0.3) is 0 Å². The third-order valence-corrected chi connectivity index (χ3v) is 5.24. The number of benzene rings is 2. The van der Waals surface area contributed by atoms with E-state index < -0.39 is 0 Å². The van der Waals surface area contributed by atoms with Crippen molar-refractivity contribution < 1.29 is 0 Å². The number of nitrogens with zero attached hydrogens (tertiary/aromatic N) is 2. The van der Waals surface area contributed by atoms with Crippen molar-refractivity contribution in [2.75, 3.05) is 0 Å². The van der Waals surface area contributed by atoms with Gasteiger partial charge in [0.2, 0.25) is 0 Å². The summed E-state index contributed by atoms with van der Waals surface area (Å²) in [7, 11) is 0. The summed E-state index contributed by atoms with van der Waals surface area (Å²) in [5.41, 5.74) is 3.03. The van der Waals surface area contributed by atoms with Crippen LogP contribution in [0.5, 0.6) is 0 Å². The Labute approximate surface area is 137 Å². The Morgan fingerprint density at radius 3 is 2.57 bits per heavy atom. The highest BCUT2D eigenvalue weighted by molar-refractivity contribution is 7.22. The predicted molar refractivity (Wildman–Crippen MR) is 97.9 cm³/mol. The molecule has 0 spiro atoms. The highest BCUT2D eigenvalue weighted by atomic mass is 32.1. The van der Waals surface area contributed by atoms with Crippen LogP contribution in [-0.4, -0.2) is 9.97 Å². The van der Waals surface area contributed by atoms with Crippen molar-refractivity contribution >= 4 is 43.2 Å². The number of rotatable bonds is 1. The highest BCUT2D eigenvalue weighted by Crippen LogP contribution is 2.37. The smallest absolute Gasteiger partial charge is 0.0903 e. The average Bonchev–Trinajstić information content (AvgIpc) is 3.05. The molecule has 0 fully saturated rings. The molecule has 0 aliphatic carbocycles. The molecular weight excluding hydrogens is 300 g/mol. The van der Waals surface area contributed by atoms with Gasteiger partial charge in [0.05, 0.1) is 21.6 Å². The molecule has 0 amide bonds. The van der Waals surface area contributed by atoms with Crippen molar-refractivity contribution in [1.29, 1.82) is 0 Å². The van der Waals surface area contributed by atoms with Gasteiger partial charge in [0.1, 0.15) is 0 Å². The maximum Gasteiger partial charge on any atom is 0.0903 e. The van der Waals surface area contributed by atoms with Crippen molar-refractivity contribution in [3.8, 4) is 10.6 Å². The lowest BCUT2D eigenvalue weighted by molar-refractivity contribution is 1.39. The number of pyridine rings is 2. The molecule has 0 bridgehead atoms. The second-order valence-corrected chi connectivity index (χ2v) is 6.61. The summed E-state index contributed by atoms with van der Waals surface area (Å²) in [6, 6.07) is 23.0. The molecule has 23 heavy (non-hydrogen) atoms. The molecule has 108 valence electrons. The van der Waals surface area contributed by atoms with Crippen LogP contribution < -0.4 is 0 Å². The summed E-state index contributed by atoms with van der Waals surface area (Å²) in [4.78, 5) is 10.7. The molecule has 3 heterocycles. The SMILES string of the molecule is c1ccc2sc(-c3nc4ccccc4c4ncccc34)cc2c1. The first-order valence-corrected chi connectivity index (χ1v) is 8.34. The Morgan fingerprint density at radius 1 is 0.783 bits per heavy atom.